The first-order valence-corrected chi connectivity index (χ1v) is 11.7. The van der Waals surface area contributed by atoms with Crippen molar-refractivity contribution in [3.63, 3.8) is 0 Å². The first kappa shape index (κ1) is 22.3. The number of nitrogens with one attached hydrogen (secondary N) is 3. The second-order valence-corrected chi connectivity index (χ2v) is 9.46. The zero-order valence-electron chi connectivity index (χ0n) is 17.6. The van der Waals surface area contributed by atoms with Crippen molar-refractivity contribution in [3.05, 3.63) is 71.4 Å². The van der Waals surface area contributed by atoms with E-state index < -0.39 is 9.73 Å². The molecule has 31 heavy (non-hydrogen) atoms. The standard InChI is InChI=1S/C23H25N5O2S/c1-16-7-9-18(10-8-16)11-12-19-14-25-23(28-22(19)26-17(2)15-29)27-20-5-4-6-21(13-20)31(3,24)30/h4-10,13-14,17,24,29H,15H2,1-3H3,(H2,25,26,27,28)/t17-,31?/m1/s1. The predicted octanol–water partition coefficient (Wildman–Crippen LogP) is 3.76. The molecule has 0 saturated heterocycles. The summed E-state index contributed by atoms with van der Waals surface area (Å²) in [7, 11) is -2.83. The number of aliphatic hydroxyl groups excluding tert-OH is 1. The molecule has 3 rings (SSSR count). The molecule has 0 aliphatic rings. The van der Waals surface area contributed by atoms with Gasteiger partial charge < -0.3 is 15.7 Å². The van der Waals surface area contributed by atoms with Gasteiger partial charge in [0.1, 0.15) is 5.82 Å². The highest BCUT2D eigenvalue weighted by molar-refractivity contribution is 7.91. The lowest BCUT2D eigenvalue weighted by Gasteiger charge is -2.14. The Morgan fingerprint density at radius 2 is 1.94 bits per heavy atom. The van der Waals surface area contributed by atoms with Crippen LogP contribution in [0.5, 0.6) is 0 Å². The van der Waals surface area contributed by atoms with Gasteiger partial charge in [-0.1, -0.05) is 35.6 Å². The first-order chi connectivity index (χ1) is 14.7. The Hall–Kier alpha value is -3.41. The highest BCUT2D eigenvalue weighted by Crippen LogP contribution is 2.21. The predicted molar refractivity (Wildman–Crippen MR) is 124 cm³/mol. The molecule has 2 atom stereocenters. The Bertz CT molecular complexity index is 1230. The number of rotatable bonds is 6. The maximum absolute atomic E-state index is 12.0. The van der Waals surface area contributed by atoms with E-state index >= 15 is 0 Å². The fourth-order valence-corrected chi connectivity index (χ4v) is 3.33. The topological polar surface area (TPSA) is 111 Å². The van der Waals surface area contributed by atoms with Crippen molar-refractivity contribution >= 4 is 27.2 Å². The van der Waals surface area contributed by atoms with Gasteiger partial charge in [-0.05, 0) is 44.2 Å². The molecule has 3 aromatic rings. The van der Waals surface area contributed by atoms with Crippen molar-refractivity contribution < 1.29 is 9.32 Å². The number of hydrogen-bond acceptors (Lipinski definition) is 7. The summed E-state index contributed by atoms with van der Waals surface area (Å²) in [4.78, 5) is 9.27. The molecule has 0 aliphatic carbocycles. The number of aliphatic hydroxyl groups is 1. The van der Waals surface area contributed by atoms with Crippen LogP contribution in [-0.2, 0) is 9.73 Å². The van der Waals surface area contributed by atoms with Gasteiger partial charge in [-0.15, -0.1) is 0 Å². The second kappa shape index (κ2) is 9.60. The van der Waals surface area contributed by atoms with Crippen molar-refractivity contribution in [2.24, 2.45) is 0 Å². The molecule has 1 unspecified atom stereocenters. The molecule has 0 aliphatic heterocycles. The van der Waals surface area contributed by atoms with Crippen LogP contribution in [0.3, 0.4) is 0 Å². The number of nitrogens with zero attached hydrogens (tertiary/aromatic N) is 2. The third kappa shape index (κ3) is 6.28. The van der Waals surface area contributed by atoms with Crippen LogP contribution in [0.2, 0.25) is 0 Å². The molecule has 0 amide bonds. The summed E-state index contributed by atoms with van der Waals surface area (Å²) in [6.45, 7) is 3.80. The van der Waals surface area contributed by atoms with Gasteiger partial charge >= 0.3 is 0 Å². The zero-order valence-corrected chi connectivity index (χ0v) is 18.5. The minimum atomic E-state index is -2.83. The van der Waals surface area contributed by atoms with Gasteiger partial charge in [0, 0.05) is 28.4 Å². The monoisotopic (exact) mass is 435 g/mol. The molecule has 4 N–H and O–H groups in total. The van der Waals surface area contributed by atoms with E-state index in [4.69, 9.17) is 4.78 Å². The quantitative estimate of drug-likeness (QED) is 0.439. The molecule has 0 bridgehead atoms. The highest BCUT2D eigenvalue weighted by atomic mass is 32.2. The summed E-state index contributed by atoms with van der Waals surface area (Å²) in [6.07, 6.45) is 2.99. The summed E-state index contributed by atoms with van der Waals surface area (Å²) in [5.74, 6) is 7.01. The molecule has 0 radical (unpaired) electrons. The normalized spacial score (nSPS) is 13.4. The van der Waals surface area contributed by atoms with Gasteiger partial charge in [-0.3, -0.25) is 0 Å². The SMILES string of the molecule is Cc1ccc(C#Cc2cnc(Nc3cccc(S(C)(=N)=O)c3)nc2N[C@H](C)CO)cc1. The summed E-state index contributed by atoms with van der Waals surface area (Å²) in [6, 6.07) is 14.5. The fourth-order valence-electron chi connectivity index (χ4n) is 2.64. The van der Waals surface area contributed by atoms with Crippen LogP contribution in [0.1, 0.15) is 23.6 Å². The largest absolute Gasteiger partial charge is 0.394 e. The van der Waals surface area contributed by atoms with E-state index in [1.165, 1.54) is 6.26 Å². The van der Waals surface area contributed by atoms with E-state index in [2.05, 4.69) is 32.4 Å². The van der Waals surface area contributed by atoms with Crippen molar-refractivity contribution in [2.75, 3.05) is 23.5 Å². The summed E-state index contributed by atoms with van der Waals surface area (Å²) >= 11 is 0. The maximum Gasteiger partial charge on any atom is 0.229 e. The lowest BCUT2D eigenvalue weighted by Crippen LogP contribution is -2.21. The molecule has 0 spiro atoms. The Morgan fingerprint density at radius 3 is 2.61 bits per heavy atom. The summed E-state index contributed by atoms with van der Waals surface area (Å²) < 4.78 is 19.8. The van der Waals surface area contributed by atoms with Crippen LogP contribution >= 0.6 is 0 Å². The van der Waals surface area contributed by atoms with Crippen molar-refractivity contribution in [1.82, 2.24) is 9.97 Å². The smallest absolute Gasteiger partial charge is 0.229 e. The average Bonchev–Trinajstić information content (AvgIpc) is 2.74. The van der Waals surface area contributed by atoms with Crippen molar-refractivity contribution in [3.8, 4) is 11.8 Å². The number of benzene rings is 2. The third-order valence-electron chi connectivity index (χ3n) is 4.38. The third-order valence-corrected chi connectivity index (χ3v) is 5.53. The fraction of sp³-hybridized carbons (Fsp3) is 0.217. The van der Waals surface area contributed by atoms with Crippen LogP contribution < -0.4 is 10.6 Å². The lowest BCUT2D eigenvalue weighted by atomic mass is 10.1. The molecule has 1 heterocycles. The van der Waals surface area contributed by atoms with E-state index in [0.29, 0.717) is 27.9 Å². The summed E-state index contributed by atoms with van der Waals surface area (Å²) in [5, 5.41) is 15.7. The van der Waals surface area contributed by atoms with Gasteiger partial charge in [0.05, 0.1) is 28.1 Å². The molecule has 8 heteroatoms. The minimum Gasteiger partial charge on any atom is -0.394 e. The van der Waals surface area contributed by atoms with Crippen LogP contribution in [0.25, 0.3) is 0 Å². The molecular formula is C23H25N5O2S. The number of aromatic nitrogens is 2. The van der Waals surface area contributed by atoms with Crippen molar-refractivity contribution in [1.29, 1.82) is 4.78 Å². The average molecular weight is 436 g/mol. The second-order valence-electron chi connectivity index (χ2n) is 7.30. The molecular weight excluding hydrogens is 410 g/mol. The number of aryl methyl sites for hydroxylation is 1. The Kier molecular flexibility index (Phi) is 6.90. The van der Waals surface area contributed by atoms with Gasteiger partial charge in [-0.2, -0.15) is 4.98 Å². The summed E-state index contributed by atoms with van der Waals surface area (Å²) in [5.41, 5.74) is 3.27. The van der Waals surface area contributed by atoms with Crippen LogP contribution in [0, 0.1) is 23.5 Å². The van der Waals surface area contributed by atoms with Gasteiger partial charge in [0.2, 0.25) is 5.95 Å². The zero-order chi connectivity index (χ0) is 22.4. The Morgan fingerprint density at radius 1 is 1.19 bits per heavy atom. The van der Waals surface area contributed by atoms with E-state index in [1.807, 2.05) is 38.1 Å². The minimum absolute atomic E-state index is 0.0615. The molecule has 0 saturated carbocycles. The maximum atomic E-state index is 12.0. The molecule has 160 valence electrons. The van der Waals surface area contributed by atoms with E-state index in [-0.39, 0.29) is 12.6 Å². The van der Waals surface area contributed by atoms with Crippen LogP contribution in [-0.4, -0.2) is 38.2 Å². The molecule has 7 nitrogen and oxygen atoms in total. The first-order valence-electron chi connectivity index (χ1n) is 9.68. The van der Waals surface area contributed by atoms with Gasteiger partial charge in [0.15, 0.2) is 0 Å². The van der Waals surface area contributed by atoms with E-state index in [9.17, 15) is 9.32 Å². The molecule has 2 aromatic carbocycles. The Balaban J connectivity index is 1.92. The number of hydrogen-bond donors (Lipinski definition) is 4. The molecule has 1 aromatic heterocycles. The van der Waals surface area contributed by atoms with E-state index in [0.717, 1.165) is 11.1 Å². The van der Waals surface area contributed by atoms with Crippen LogP contribution in [0.15, 0.2) is 59.6 Å². The van der Waals surface area contributed by atoms with Gasteiger partial charge in [0.25, 0.3) is 0 Å². The highest BCUT2D eigenvalue weighted by Gasteiger charge is 2.10. The van der Waals surface area contributed by atoms with E-state index in [1.54, 1.807) is 30.5 Å². The van der Waals surface area contributed by atoms with Gasteiger partial charge in [-0.25, -0.2) is 14.0 Å². The lowest BCUT2D eigenvalue weighted by molar-refractivity contribution is 0.281. The van der Waals surface area contributed by atoms with Crippen LogP contribution in [0.4, 0.5) is 17.5 Å². The number of anilines is 3. The Labute approximate surface area is 183 Å². The van der Waals surface area contributed by atoms with Crippen molar-refractivity contribution in [2.45, 2.75) is 24.8 Å². The molecule has 0 fully saturated rings.